The van der Waals surface area contributed by atoms with Crippen molar-refractivity contribution in [2.45, 2.75) is 6.92 Å². The second-order valence-electron chi connectivity index (χ2n) is 1.84. The van der Waals surface area contributed by atoms with Crippen molar-refractivity contribution in [3.63, 3.8) is 0 Å². The molecule has 0 aromatic carbocycles. The van der Waals surface area contributed by atoms with Crippen LogP contribution in [0.4, 0.5) is 6.01 Å². The van der Waals surface area contributed by atoms with E-state index in [1.54, 1.807) is 6.20 Å². The second kappa shape index (κ2) is 1.93. The zero-order valence-corrected chi connectivity index (χ0v) is 5.22. The molecule has 0 spiro atoms. The van der Waals surface area contributed by atoms with Gasteiger partial charge in [0.05, 0.1) is 6.20 Å². The number of aromatic nitrogens is 1. The highest BCUT2D eigenvalue weighted by Crippen LogP contribution is 2.12. The summed E-state index contributed by atoms with van der Waals surface area (Å²) in [6.07, 6.45) is 1.55. The van der Waals surface area contributed by atoms with Gasteiger partial charge >= 0.3 is 0 Å². The van der Waals surface area contributed by atoms with Crippen molar-refractivity contribution in [3.05, 3.63) is 18.5 Å². The monoisotopic (exact) mass is 124 g/mol. The molecule has 3 nitrogen and oxygen atoms in total. The second-order valence-corrected chi connectivity index (χ2v) is 1.84. The van der Waals surface area contributed by atoms with Crippen LogP contribution in [0.1, 0.15) is 12.7 Å². The van der Waals surface area contributed by atoms with Crippen LogP contribution in [0.2, 0.25) is 0 Å². The average Bonchev–Trinajstić information content (AvgIpc) is 2.14. The first-order chi connectivity index (χ1) is 4.20. The Morgan fingerprint density at radius 1 is 1.89 bits per heavy atom. The summed E-state index contributed by atoms with van der Waals surface area (Å²) in [6.45, 7) is 5.48. The number of nitrogen functional groups attached to an aromatic ring is 1. The highest BCUT2D eigenvalue weighted by molar-refractivity contribution is 5.55. The van der Waals surface area contributed by atoms with Gasteiger partial charge in [-0.3, -0.25) is 0 Å². The van der Waals surface area contributed by atoms with Crippen molar-refractivity contribution in [2.75, 3.05) is 5.73 Å². The Morgan fingerprint density at radius 3 is 2.78 bits per heavy atom. The minimum Gasteiger partial charge on any atom is -0.424 e. The number of hydrogen-bond acceptors (Lipinski definition) is 3. The molecule has 0 aliphatic carbocycles. The number of anilines is 1. The Hall–Kier alpha value is -1.25. The van der Waals surface area contributed by atoms with Gasteiger partial charge in [0.1, 0.15) is 0 Å². The normalized spacial score (nSPS) is 9.44. The van der Waals surface area contributed by atoms with Crippen LogP contribution in [0, 0.1) is 0 Å². The highest BCUT2D eigenvalue weighted by Gasteiger charge is 1.97. The first kappa shape index (κ1) is 5.88. The highest BCUT2D eigenvalue weighted by atomic mass is 16.4. The first-order valence-corrected chi connectivity index (χ1v) is 2.57. The Morgan fingerprint density at radius 2 is 2.56 bits per heavy atom. The number of allylic oxidation sites excluding steroid dienone is 1. The molecule has 0 aliphatic rings. The fourth-order valence-corrected chi connectivity index (χ4v) is 0.485. The van der Waals surface area contributed by atoms with Gasteiger partial charge in [0.25, 0.3) is 6.01 Å². The van der Waals surface area contributed by atoms with Crippen molar-refractivity contribution in [1.82, 2.24) is 4.98 Å². The summed E-state index contributed by atoms with van der Waals surface area (Å²) in [7, 11) is 0. The molecular formula is C6H8N2O. The Kier molecular flexibility index (Phi) is 1.26. The summed E-state index contributed by atoms with van der Waals surface area (Å²) >= 11 is 0. The number of oxazole rings is 1. The zero-order valence-electron chi connectivity index (χ0n) is 5.22. The Labute approximate surface area is 53.2 Å². The van der Waals surface area contributed by atoms with Gasteiger partial charge in [-0.1, -0.05) is 6.58 Å². The third kappa shape index (κ3) is 1.10. The summed E-state index contributed by atoms with van der Waals surface area (Å²) in [5.74, 6) is 0.646. The number of rotatable bonds is 1. The Bertz CT molecular complexity index is 227. The van der Waals surface area contributed by atoms with Crippen LogP contribution in [0.25, 0.3) is 5.57 Å². The van der Waals surface area contributed by atoms with Gasteiger partial charge in [0.2, 0.25) is 0 Å². The molecule has 0 fully saturated rings. The summed E-state index contributed by atoms with van der Waals surface area (Å²) in [6, 6.07) is 0.188. The molecule has 9 heavy (non-hydrogen) atoms. The molecule has 0 atom stereocenters. The maximum Gasteiger partial charge on any atom is 0.292 e. The fraction of sp³-hybridized carbons (Fsp3) is 0.167. The molecule has 0 bridgehead atoms. The SMILES string of the molecule is C=C(C)c1cnc(N)o1. The molecule has 2 N–H and O–H groups in total. The van der Waals surface area contributed by atoms with Gasteiger partial charge in [-0.05, 0) is 12.5 Å². The van der Waals surface area contributed by atoms with Crippen molar-refractivity contribution in [1.29, 1.82) is 0 Å². The third-order valence-corrected chi connectivity index (χ3v) is 0.944. The predicted octanol–water partition coefficient (Wildman–Crippen LogP) is 1.29. The van der Waals surface area contributed by atoms with Gasteiger partial charge in [-0.2, -0.15) is 0 Å². The van der Waals surface area contributed by atoms with Gasteiger partial charge in [-0.25, -0.2) is 4.98 Å². The van der Waals surface area contributed by atoms with Crippen LogP contribution in [0.3, 0.4) is 0 Å². The van der Waals surface area contributed by atoms with Gasteiger partial charge in [0, 0.05) is 0 Å². The fourth-order valence-electron chi connectivity index (χ4n) is 0.485. The van der Waals surface area contributed by atoms with Crippen LogP contribution >= 0.6 is 0 Å². The van der Waals surface area contributed by atoms with Crippen molar-refractivity contribution in [3.8, 4) is 0 Å². The molecule has 48 valence electrons. The lowest BCUT2D eigenvalue weighted by molar-refractivity contribution is 0.566. The van der Waals surface area contributed by atoms with E-state index in [1.165, 1.54) is 0 Å². The predicted molar refractivity (Wildman–Crippen MR) is 35.6 cm³/mol. The maximum atomic E-state index is 5.20. The van der Waals surface area contributed by atoms with E-state index in [-0.39, 0.29) is 6.01 Å². The summed E-state index contributed by atoms with van der Waals surface area (Å²) < 4.78 is 4.91. The molecule has 0 saturated carbocycles. The quantitative estimate of drug-likeness (QED) is 0.613. The minimum atomic E-state index is 0.188. The first-order valence-electron chi connectivity index (χ1n) is 2.57. The molecule has 0 aliphatic heterocycles. The largest absolute Gasteiger partial charge is 0.424 e. The summed E-state index contributed by atoms with van der Waals surface area (Å²) in [5.41, 5.74) is 6.03. The lowest BCUT2D eigenvalue weighted by Crippen LogP contribution is -1.79. The minimum absolute atomic E-state index is 0.188. The van der Waals surface area contributed by atoms with E-state index in [0.29, 0.717) is 5.76 Å². The lowest BCUT2D eigenvalue weighted by atomic mass is 10.3. The molecule has 3 heteroatoms. The zero-order chi connectivity index (χ0) is 6.85. The molecule has 0 unspecified atom stereocenters. The van der Waals surface area contributed by atoms with Crippen molar-refractivity contribution >= 4 is 11.6 Å². The molecular weight excluding hydrogens is 116 g/mol. The van der Waals surface area contributed by atoms with E-state index in [1.807, 2.05) is 6.92 Å². The molecule has 1 aromatic heterocycles. The molecule has 1 aromatic rings. The molecule has 0 saturated heterocycles. The van der Waals surface area contributed by atoms with E-state index in [9.17, 15) is 0 Å². The van der Waals surface area contributed by atoms with Crippen molar-refractivity contribution < 1.29 is 4.42 Å². The van der Waals surface area contributed by atoms with E-state index >= 15 is 0 Å². The van der Waals surface area contributed by atoms with Crippen LogP contribution < -0.4 is 5.73 Å². The number of nitrogens with two attached hydrogens (primary N) is 1. The maximum absolute atomic E-state index is 5.20. The van der Waals surface area contributed by atoms with E-state index in [2.05, 4.69) is 11.6 Å². The van der Waals surface area contributed by atoms with E-state index in [0.717, 1.165) is 5.57 Å². The van der Waals surface area contributed by atoms with Crippen molar-refractivity contribution in [2.24, 2.45) is 0 Å². The summed E-state index contributed by atoms with van der Waals surface area (Å²) in [4.78, 5) is 3.69. The van der Waals surface area contributed by atoms with Crippen LogP contribution in [-0.2, 0) is 0 Å². The molecule has 0 amide bonds. The molecule has 1 heterocycles. The molecule has 0 radical (unpaired) electrons. The van der Waals surface area contributed by atoms with Crippen LogP contribution in [-0.4, -0.2) is 4.98 Å². The number of hydrogen-bond donors (Lipinski definition) is 1. The van der Waals surface area contributed by atoms with E-state index < -0.39 is 0 Å². The third-order valence-electron chi connectivity index (χ3n) is 0.944. The van der Waals surface area contributed by atoms with Crippen LogP contribution in [0.15, 0.2) is 17.2 Å². The average molecular weight is 124 g/mol. The van der Waals surface area contributed by atoms with Gasteiger partial charge in [-0.15, -0.1) is 0 Å². The number of nitrogens with zero attached hydrogens (tertiary/aromatic N) is 1. The van der Waals surface area contributed by atoms with Gasteiger partial charge < -0.3 is 10.2 Å². The molecule has 1 rings (SSSR count). The van der Waals surface area contributed by atoms with Gasteiger partial charge in [0.15, 0.2) is 5.76 Å². The van der Waals surface area contributed by atoms with E-state index in [4.69, 9.17) is 10.2 Å². The summed E-state index contributed by atoms with van der Waals surface area (Å²) in [5, 5.41) is 0. The topological polar surface area (TPSA) is 52.0 Å². The Balaban J connectivity index is 2.98. The lowest BCUT2D eigenvalue weighted by Gasteiger charge is -1.86. The smallest absolute Gasteiger partial charge is 0.292 e. The van der Waals surface area contributed by atoms with Crippen LogP contribution in [0.5, 0.6) is 0 Å². The standard InChI is InChI=1S/C6H8N2O/c1-4(2)5-3-8-6(7)9-5/h3H,1H2,2H3,(H2,7,8).